The van der Waals surface area contributed by atoms with E-state index in [1.807, 2.05) is 6.92 Å². The van der Waals surface area contributed by atoms with Gasteiger partial charge in [0.1, 0.15) is 0 Å². The first-order valence-corrected chi connectivity index (χ1v) is 6.80. The van der Waals surface area contributed by atoms with E-state index in [1.165, 1.54) is 13.5 Å². The maximum atomic E-state index is 11.8. The molecule has 4 rings (SSSR count). The molecule has 4 nitrogen and oxygen atoms in total. The highest BCUT2D eigenvalue weighted by Crippen LogP contribution is 2.50. The van der Waals surface area contributed by atoms with Gasteiger partial charge in [-0.1, -0.05) is 19.1 Å². The lowest BCUT2D eigenvalue weighted by molar-refractivity contribution is -0.228. The Labute approximate surface area is 107 Å². The van der Waals surface area contributed by atoms with Crippen LogP contribution in [0.1, 0.15) is 32.6 Å². The molecule has 18 heavy (non-hydrogen) atoms. The monoisotopic (exact) mass is 252 g/mol. The zero-order valence-electron chi connectivity index (χ0n) is 10.9. The fourth-order valence-corrected chi connectivity index (χ4v) is 3.45. The van der Waals surface area contributed by atoms with Crippen LogP contribution in [-0.2, 0) is 19.0 Å². The fraction of sp³-hybridized carbons (Fsp3) is 0.786. The second-order valence-corrected chi connectivity index (χ2v) is 5.47. The molecule has 0 radical (unpaired) electrons. The summed E-state index contributed by atoms with van der Waals surface area (Å²) in [6.07, 6.45) is 7.66. The van der Waals surface area contributed by atoms with E-state index in [0.29, 0.717) is 5.92 Å². The normalized spacial score (nSPS) is 45.7. The fourth-order valence-electron chi connectivity index (χ4n) is 3.45. The summed E-state index contributed by atoms with van der Waals surface area (Å²) in [4.78, 5) is 11.8. The van der Waals surface area contributed by atoms with Crippen molar-refractivity contribution in [2.24, 2.45) is 11.8 Å². The molecule has 1 aliphatic heterocycles. The smallest absolute Gasteiger partial charge is 0.337 e. The van der Waals surface area contributed by atoms with Gasteiger partial charge < -0.3 is 14.2 Å². The van der Waals surface area contributed by atoms with Gasteiger partial charge >= 0.3 is 5.97 Å². The van der Waals surface area contributed by atoms with Crippen LogP contribution in [0, 0.1) is 11.8 Å². The van der Waals surface area contributed by atoms with Crippen molar-refractivity contribution >= 4 is 5.97 Å². The zero-order chi connectivity index (χ0) is 12.8. The molecule has 2 fully saturated rings. The summed E-state index contributed by atoms with van der Waals surface area (Å²) in [6, 6.07) is 0. The van der Waals surface area contributed by atoms with Crippen LogP contribution >= 0.6 is 0 Å². The van der Waals surface area contributed by atoms with E-state index in [2.05, 4.69) is 12.2 Å². The van der Waals surface area contributed by atoms with Crippen molar-refractivity contribution < 1.29 is 19.0 Å². The Kier molecular flexibility index (Phi) is 2.94. The second-order valence-electron chi connectivity index (χ2n) is 5.47. The van der Waals surface area contributed by atoms with Gasteiger partial charge in [-0.2, -0.15) is 0 Å². The van der Waals surface area contributed by atoms with Crippen LogP contribution in [0.15, 0.2) is 12.2 Å². The van der Waals surface area contributed by atoms with Crippen molar-refractivity contribution in [3.05, 3.63) is 12.2 Å². The topological polar surface area (TPSA) is 44.8 Å². The summed E-state index contributed by atoms with van der Waals surface area (Å²) in [5.41, 5.74) is 0. The number of methoxy groups -OCH3 is 1. The van der Waals surface area contributed by atoms with E-state index in [4.69, 9.17) is 14.2 Å². The number of allylic oxidation sites excluding steroid dienone is 1. The van der Waals surface area contributed by atoms with Gasteiger partial charge in [-0.15, -0.1) is 0 Å². The lowest BCUT2D eigenvalue weighted by atomic mass is 9.72. The number of hydrogen-bond donors (Lipinski definition) is 0. The van der Waals surface area contributed by atoms with Crippen LogP contribution in [0.5, 0.6) is 0 Å². The lowest BCUT2D eigenvalue weighted by Crippen LogP contribution is -2.47. The van der Waals surface area contributed by atoms with Crippen molar-refractivity contribution in [1.82, 2.24) is 0 Å². The molecule has 5 atom stereocenters. The quantitative estimate of drug-likeness (QED) is 0.557. The summed E-state index contributed by atoms with van der Waals surface area (Å²) in [6.45, 7) is 2.01. The van der Waals surface area contributed by atoms with Crippen LogP contribution < -0.4 is 0 Å². The molecular weight excluding hydrogens is 232 g/mol. The predicted octanol–water partition coefficient (Wildman–Crippen LogP) is 2.04. The minimum absolute atomic E-state index is 0.176. The summed E-state index contributed by atoms with van der Waals surface area (Å²) >= 11 is 0. The van der Waals surface area contributed by atoms with E-state index < -0.39 is 11.9 Å². The SMILES string of the molecule is CCC1OC2(CC3C=CC2CC3)OC1C(=O)OC. The molecule has 0 aromatic rings. The van der Waals surface area contributed by atoms with Gasteiger partial charge in [-0.25, -0.2) is 4.79 Å². The average Bonchev–Trinajstić information content (AvgIpc) is 2.78. The van der Waals surface area contributed by atoms with Gasteiger partial charge in [0.05, 0.1) is 13.2 Å². The number of fused-ring (bicyclic) bond motifs is 1. The molecule has 2 bridgehead atoms. The van der Waals surface area contributed by atoms with E-state index in [1.54, 1.807) is 0 Å². The van der Waals surface area contributed by atoms with Crippen molar-refractivity contribution in [3.63, 3.8) is 0 Å². The molecule has 1 saturated carbocycles. The summed E-state index contributed by atoms with van der Waals surface area (Å²) in [5.74, 6) is -0.0729. The molecule has 1 heterocycles. The van der Waals surface area contributed by atoms with Crippen LogP contribution in [0.4, 0.5) is 0 Å². The van der Waals surface area contributed by atoms with Crippen molar-refractivity contribution in [2.45, 2.75) is 50.6 Å². The van der Waals surface area contributed by atoms with Crippen molar-refractivity contribution in [3.8, 4) is 0 Å². The highest BCUT2D eigenvalue weighted by Gasteiger charge is 2.57. The standard InChI is InChI=1S/C14H20O4/c1-3-11-12(13(15)16-2)18-14(17-11)8-9-4-6-10(14)7-5-9/h4,6,9-12H,3,5,7-8H2,1-2H3. The first-order chi connectivity index (χ1) is 8.68. The number of hydrogen-bond acceptors (Lipinski definition) is 4. The number of esters is 1. The molecule has 4 heteroatoms. The highest BCUT2D eigenvalue weighted by atomic mass is 16.8. The van der Waals surface area contributed by atoms with E-state index in [0.717, 1.165) is 19.3 Å². The second kappa shape index (κ2) is 4.35. The molecule has 0 N–H and O–H groups in total. The van der Waals surface area contributed by atoms with E-state index in [9.17, 15) is 4.79 Å². The van der Waals surface area contributed by atoms with Gasteiger partial charge in [0, 0.05) is 12.3 Å². The third kappa shape index (κ3) is 1.70. The minimum atomic E-state index is -0.572. The molecule has 3 aliphatic carbocycles. The van der Waals surface area contributed by atoms with Crippen LogP contribution in [0.2, 0.25) is 0 Å². The van der Waals surface area contributed by atoms with Gasteiger partial charge in [0.15, 0.2) is 11.9 Å². The molecular formula is C14H20O4. The Hall–Kier alpha value is -0.870. The van der Waals surface area contributed by atoms with Crippen LogP contribution in [-0.4, -0.2) is 31.1 Å². The van der Waals surface area contributed by atoms with Gasteiger partial charge in [0.2, 0.25) is 0 Å². The number of carbonyl (C=O) groups excluding carboxylic acids is 1. The summed E-state index contributed by atoms with van der Waals surface area (Å²) in [7, 11) is 1.40. The average molecular weight is 252 g/mol. The molecule has 0 aromatic heterocycles. The van der Waals surface area contributed by atoms with E-state index >= 15 is 0 Å². The first-order valence-electron chi connectivity index (χ1n) is 6.80. The Morgan fingerprint density at radius 2 is 2.22 bits per heavy atom. The Balaban J connectivity index is 1.84. The molecule has 1 saturated heterocycles. The Bertz CT molecular complexity index is 378. The van der Waals surface area contributed by atoms with Crippen molar-refractivity contribution in [1.29, 1.82) is 0 Å². The predicted molar refractivity (Wildman–Crippen MR) is 64.8 cm³/mol. The van der Waals surface area contributed by atoms with Gasteiger partial charge in [-0.05, 0) is 25.2 Å². The van der Waals surface area contributed by atoms with Crippen molar-refractivity contribution in [2.75, 3.05) is 7.11 Å². The van der Waals surface area contributed by atoms with Gasteiger partial charge in [-0.3, -0.25) is 0 Å². The third-order valence-electron chi connectivity index (χ3n) is 4.43. The zero-order valence-corrected chi connectivity index (χ0v) is 10.9. The largest absolute Gasteiger partial charge is 0.467 e. The highest BCUT2D eigenvalue weighted by molar-refractivity contribution is 5.75. The maximum absolute atomic E-state index is 11.8. The lowest BCUT2D eigenvalue weighted by Gasteiger charge is -2.44. The molecule has 0 amide bonds. The number of ether oxygens (including phenoxy) is 3. The maximum Gasteiger partial charge on any atom is 0.337 e. The third-order valence-corrected chi connectivity index (χ3v) is 4.43. The Morgan fingerprint density at radius 1 is 1.39 bits per heavy atom. The molecule has 1 spiro atoms. The number of rotatable bonds is 2. The van der Waals surface area contributed by atoms with Crippen LogP contribution in [0.25, 0.3) is 0 Å². The molecule has 4 aliphatic rings. The molecule has 0 aromatic carbocycles. The van der Waals surface area contributed by atoms with Crippen LogP contribution in [0.3, 0.4) is 0 Å². The summed E-state index contributed by atoms with van der Waals surface area (Å²) in [5, 5.41) is 0. The molecule has 5 unspecified atom stereocenters. The minimum Gasteiger partial charge on any atom is -0.467 e. The Morgan fingerprint density at radius 3 is 2.72 bits per heavy atom. The number of carbonyl (C=O) groups is 1. The first kappa shape index (κ1) is 12.2. The summed E-state index contributed by atoms with van der Waals surface area (Å²) < 4.78 is 17.0. The molecule has 100 valence electrons. The van der Waals surface area contributed by atoms with Gasteiger partial charge in [0.25, 0.3) is 0 Å². The van der Waals surface area contributed by atoms with E-state index in [-0.39, 0.29) is 18.0 Å².